The molecule has 4 nitrogen and oxygen atoms in total. The minimum absolute atomic E-state index is 0.221. The van der Waals surface area contributed by atoms with E-state index in [2.05, 4.69) is 37.8 Å². The summed E-state index contributed by atoms with van der Waals surface area (Å²) in [7, 11) is 0. The number of furan rings is 1. The first-order chi connectivity index (χ1) is 19.3. The van der Waals surface area contributed by atoms with Gasteiger partial charge < -0.3 is 9.52 Å². The Morgan fingerprint density at radius 2 is 1.49 bits per heavy atom. The molecule has 0 saturated heterocycles. The molecule has 0 aliphatic carbocycles. The van der Waals surface area contributed by atoms with E-state index in [0.717, 1.165) is 45.9 Å². The van der Waals surface area contributed by atoms with Crippen molar-refractivity contribution in [3.63, 3.8) is 0 Å². The Bertz CT molecular complexity index is 1490. The Labute approximate surface area is 239 Å². The third-order valence-corrected chi connectivity index (χ3v) is 7.68. The number of benzene rings is 3. The van der Waals surface area contributed by atoms with E-state index < -0.39 is 23.3 Å². The highest BCUT2D eigenvalue weighted by molar-refractivity contribution is 5.81. The van der Waals surface area contributed by atoms with Gasteiger partial charge in [-0.3, -0.25) is 9.69 Å². The van der Waals surface area contributed by atoms with Crippen LogP contribution in [0.4, 0.5) is 13.2 Å². The minimum atomic E-state index is -4.53. The maximum absolute atomic E-state index is 13.2. The van der Waals surface area contributed by atoms with Crippen LogP contribution in [0, 0.1) is 13.8 Å². The Kier molecular flexibility index (Phi) is 8.78. The Hall–Kier alpha value is -3.84. The van der Waals surface area contributed by atoms with E-state index in [1.807, 2.05) is 48.5 Å². The molecule has 7 heteroatoms. The second kappa shape index (κ2) is 12.0. The van der Waals surface area contributed by atoms with Gasteiger partial charge in [0.2, 0.25) is 5.76 Å². The van der Waals surface area contributed by atoms with Gasteiger partial charge in [-0.2, -0.15) is 13.2 Å². The van der Waals surface area contributed by atoms with Crippen molar-refractivity contribution in [2.75, 3.05) is 0 Å². The molecule has 4 rings (SSSR count). The van der Waals surface area contributed by atoms with Gasteiger partial charge in [-0.15, -0.1) is 0 Å². The van der Waals surface area contributed by atoms with Crippen molar-refractivity contribution >= 4 is 5.97 Å². The quantitative estimate of drug-likeness (QED) is 0.210. The molecular weight excluding hydrogens is 527 g/mol. The van der Waals surface area contributed by atoms with Crippen LogP contribution in [0.25, 0.3) is 11.1 Å². The molecule has 0 aliphatic rings. The van der Waals surface area contributed by atoms with Gasteiger partial charge >= 0.3 is 12.1 Å². The van der Waals surface area contributed by atoms with Crippen molar-refractivity contribution in [2.24, 2.45) is 0 Å². The number of halogens is 3. The van der Waals surface area contributed by atoms with E-state index in [4.69, 9.17) is 4.42 Å². The number of rotatable bonds is 10. The van der Waals surface area contributed by atoms with Crippen molar-refractivity contribution in [1.82, 2.24) is 4.90 Å². The van der Waals surface area contributed by atoms with Gasteiger partial charge in [0.1, 0.15) is 5.76 Å². The van der Waals surface area contributed by atoms with Crippen LogP contribution in [0.15, 0.2) is 77.2 Å². The lowest BCUT2D eigenvalue weighted by atomic mass is 9.83. The van der Waals surface area contributed by atoms with Crippen LogP contribution in [-0.4, -0.2) is 16.0 Å². The topological polar surface area (TPSA) is 53.7 Å². The molecule has 41 heavy (non-hydrogen) atoms. The number of aliphatic carboxylic acids is 1. The van der Waals surface area contributed by atoms with Gasteiger partial charge in [0.25, 0.3) is 0 Å². The molecule has 1 heterocycles. The fraction of sp³-hybridized carbons (Fsp3) is 0.324. The Morgan fingerprint density at radius 3 is 2.05 bits per heavy atom. The number of carboxylic acids is 1. The van der Waals surface area contributed by atoms with E-state index in [-0.39, 0.29) is 12.3 Å². The van der Waals surface area contributed by atoms with Crippen molar-refractivity contribution in [3.8, 4) is 11.1 Å². The predicted octanol–water partition coefficient (Wildman–Crippen LogP) is 8.71. The zero-order valence-electron chi connectivity index (χ0n) is 24.1. The number of aryl methyl sites for hydroxylation is 3. The van der Waals surface area contributed by atoms with E-state index in [0.29, 0.717) is 18.7 Å². The number of nitrogens with zero attached hydrogens (tertiary/aromatic N) is 1. The summed E-state index contributed by atoms with van der Waals surface area (Å²) in [5.74, 6) is -1.63. The highest BCUT2D eigenvalue weighted by Gasteiger charge is 2.35. The van der Waals surface area contributed by atoms with E-state index in [1.54, 1.807) is 13.8 Å². The third-order valence-electron chi connectivity index (χ3n) is 7.68. The summed E-state index contributed by atoms with van der Waals surface area (Å²) in [5, 5.41) is 9.62. The molecule has 0 aliphatic heterocycles. The molecule has 0 spiro atoms. The van der Waals surface area contributed by atoms with Crippen molar-refractivity contribution in [1.29, 1.82) is 0 Å². The molecular formula is C34H36F3NO3. The average Bonchev–Trinajstić information content (AvgIpc) is 3.40. The molecule has 4 aromatic rings. The molecule has 0 amide bonds. The largest absolute Gasteiger partial charge is 0.481 e. The van der Waals surface area contributed by atoms with E-state index in [9.17, 15) is 23.1 Å². The highest BCUT2D eigenvalue weighted by Crippen LogP contribution is 2.32. The summed E-state index contributed by atoms with van der Waals surface area (Å²) in [6, 6.07) is 22.2. The molecule has 0 bridgehead atoms. The molecule has 3 aromatic carbocycles. The molecule has 0 radical (unpaired) electrons. The molecule has 0 atom stereocenters. The lowest BCUT2D eigenvalue weighted by molar-refractivity contribution is -0.153. The fourth-order valence-corrected chi connectivity index (χ4v) is 5.04. The first kappa shape index (κ1) is 30.1. The van der Waals surface area contributed by atoms with Gasteiger partial charge in [-0.05, 0) is 90.8 Å². The molecule has 1 aromatic heterocycles. The van der Waals surface area contributed by atoms with Crippen molar-refractivity contribution in [3.05, 3.63) is 118 Å². The minimum Gasteiger partial charge on any atom is -0.481 e. The smallest absolute Gasteiger partial charge is 0.449 e. The highest BCUT2D eigenvalue weighted by atomic mass is 19.4. The molecule has 0 saturated carbocycles. The van der Waals surface area contributed by atoms with Gasteiger partial charge in [0, 0.05) is 13.1 Å². The number of carboxylic acid groups (broad SMARTS) is 1. The van der Waals surface area contributed by atoms with Gasteiger partial charge in [0.05, 0.1) is 12.0 Å². The summed E-state index contributed by atoms with van der Waals surface area (Å²) in [4.78, 5) is 13.8. The first-order valence-corrected chi connectivity index (χ1v) is 13.7. The zero-order valence-corrected chi connectivity index (χ0v) is 24.1. The average molecular weight is 564 g/mol. The predicted molar refractivity (Wildman–Crippen MR) is 154 cm³/mol. The summed E-state index contributed by atoms with van der Waals surface area (Å²) in [5.41, 5.74) is 7.28. The monoisotopic (exact) mass is 563 g/mol. The zero-order chi connectivity index (χ0) is 29.9. The van der Waals surface area contributed by atoms with Crippen molar-refractivity contribution in [2.45, 2.75) is 72.3 Å². The number of alkyl halides is 3. The fourth-order valence-electron chi connectivity index (χ4n) is 5.04. The molecule has 1 N–H and O–H groups in total. The summed E-state index contributed by atoms with van der Waals surface area (Å²) >= 11 is 0. The molecule has 0 unspecified atom stereocenters. The number of hydrogen-bond acceptors (Lipinski definition) is 3. The Balaban J connectivity index is 1.60. The third kappa shape index (κ3) is 7.09. The summed E-state index contributed by atoms with van der Waals surface area (Å²) in [6.45, 7) is 10.9. The van der Waals surface area contributed by atoms with Crippen molar-refractivity contribution < 1.29 is 27.5 Å². The van der Waals surface area contributed by atoms with Crippen LogP contribution in [-0.2, 0) is 42.4 Å². The second-order valence-electron chi connectivity index (χ2n) is 11.2. The van der Waals surface area contributed by atoms with E-state index in [1.165, 1.54) is 11.6 Å². The van der Waals surface area contributed by atoms with Crippen LogP contribution in [0.3, 0.4) is 0 Å². The van der Waals surface area contributed by atoms with Crippen LogP contribution in [0.5, 0.6) is 0 Å². The lowest BCUT2D eigenvalue weighted by Gasteiger charge is -2.24. The van der Waals surface area contributed by atoms with Crippen LogP contribution in [0.1, 0.15) is 65.7 Å². The maximum Gasteiger partial charge on any atom is 0.449 e. The molecule has 0 fully saturated rings. The number of carbonyl (C=O) groups is 1. The summed E-state index contributed by atoms with van der Waals surface area (Å²) in [6.07, 6.45) is -3.60. The first-order valence-electron chi connectivity index (χ1n) is 13.7. The molecule has 216 valence electrons. The lowest BCUT2D eigenvalue weighted by Crippen LogP contribution is -2.28. The standard InChI is InChI=1S/C34H36F3NO3/c1-6-24-16-22(2)30(23(3)17-24)21-38(20-29-14-15-31(41-29)34(35,36)37)19-25-10-12-26(13-11-25)27-8-7-9-28(18-27)33(4,5)32(39)40/h7-18H,6,19-21H2,1-5H3,(H,39,40). The SMILES string of the molecule is CCc1cc(C)c(CN(Cc2ccc(-c3cccc(C(C)(C)C(=O)O)c3)cc2)Cc2ccc(C(F)(F)F)o2)c(C)c1. The maximum atomic E-state index is 13.2. The second-order valence-corrected chi connectivity index (χ2v) is 11.2. The van der Waals surface area contributed by atoms with Crippen LogP contribution >= 0.6 is 0 Å². The van der Waals surface area contributed by atoms with E-state index >= 15 is 0 Å². The van der Waals surface area contributed by atoms with Gasteiger partial charge in [-0.1, -0.05) is 67.6 Å². The summed E-state index contributed by atoms with van der Waals surface area (Å²) < 4.78 is 44.7. The van der Waals surface area contributed by atoms with Gasteiger partial charge in [-0.25, -0.2) is 0 Å². The Morgan fingerprint density at radius 1 is 0.829 bits per heavy atom. The number of hydrogen-bond donors (Lipinski definition) is 1. The van der Waals surface area contributed by atoms with Crippen LogP contribution < -0.4 is 0 Å². The van der Waals surface area contributed by atoms with Crippen LogP contribution in [0.2, 0.25) is 0 Å². The van der Waals surface area contributed by atoms with Gasteiger partial charge in [0.15, 0.2) is 0 Å². The normalized spacial score (nSPS) is 12.2.